The maximum absolute atomic E-state index is 12.8. The van der Waals surface area contributed by atoms with Crippen molar-refractivity contribution in [3.8, 4) is 0 Å². The summed E-state index contributed by atoms with van der Waals surface area (Å²) in [6, 6.07) is 4.44. The SMILES string of the molecule is CC(C)S(=O)Nc1ccc(F)c(Br)c1. The molecule has 0 spiro atoms. The Kier molecular flexibility index (Phi) is 4.07. The van der Waals surface area contributed by atoms with E-state index < -0.39 is 11.0 Å². The predicted molar refractivity (Wildman–Crippen MR) is 61.0 cm³/mol. The molecule has 14 heavy (non-hydrogen) atoms. The Morgan fingerprint density at radius 2 is 2.14 bits per heavy atom. The van der Waals surface area contributed by atoms with Gasteiger partial charge in [-0.15, -0.1) is 0 Å². The summed E-state index contributed by atoms with van der Waals surface area (Å²) in [7, 11) is -1.13. The van der Waals surface area contributed by atoms with Crippen molar-refractivity contribution in [1.29, 1.82) is 0 Å². The van der Waals surface area contributed by atoms with Gasteiger partial charge in [-0.1, -0.05) is 0 Å². The monoisotopic (exact) mass is 279 g/mol. The van der Waals surface area contributed by atoms with Crippen molar-refractivity contribution < 1.29 is 8.60 Å². The Bertz CT molecular complexity index is 357. The average molecular weight is 280 g/mol. The molecule has 0 aliphatic carbocycles. The van der Waals surface area contributed by atoms with Gasteiger partial charge in [0.25, 0.3) is 0 Å². The molecule has 0 aliphatic heterocycles. The van der Waals surface area contributed by atoms with E-state index in [1.807, 2.05) is 13.8 Å². The van der Waals surface area contributed by atoms with Crippen molar-refractivity contribution in [2.75, 3.05) is 4.72 Å². The molecule has 0 aromatic heterocycles. The third kappa shape index (κ3) is 3.06. The van der Waals surface area contributed by atoms with Crippen molar-refractivity contribution in [3.63, 3.8) is 0 Å². The molecule has 1 aromatic carbocycles. The molecule has 1 atom stereocenters. The van der Waals surface area contributed by atoms with Gasteiger partial charge in [-0.2, -0.15) is 0 Å². The summed E-state index contributed by atoms with van der Waals surface area (Å²) in [6.45, 7) is 3.70. The number of hydrogen-bond donors (Lipinski definition) is 1. The molecule has 5 heteroatoms. The zero-order valence-electron chi connectivity index (χ0n) is 7.88. The zero-order chi connectivity index (χ0) is 10.7. The molecule has 0 aliphatic rings. The summed E-state index contributed by atoms with van der Waals surface area (Å²) >= 11 is 3.06. The van der Waals surface area contributed by atoms with Crippen LogP contribution in [0.3, 0.4) is 0 Å². The molecule has 1 N–H and O–H groups in total. The van der Waals surface area contributed by atoms with E-state index in [2.05, 4.69) is 20.7 Å². The van der Waals surface area contributed by atoms with Crippen LogP contribution in [0.25, 0.3) is 0 Å². The van der Waals surface area contributed by atoms with Gasteiger partial charge in [0, 0.05) is 10.9 Å². The summed E-state index contributed by atoms with van der Waals surface area (Å²) in [5.41, 5.74) is 0.644. The van der Waals surface area contributed by atoms with Crippen LogP contribution < -0.4 is 4.72 Å². The number of anilines is 1. The van der Waals surface area contributed by atoms with Crippen molar-refractivity contribution in [2.45, 2.75) is 19.1 Å². The van der Waals surface area contributed by atoms with E-state index in [9.17, 15) is 8.60 Å². The van der Waals surface area contributed by atoms with E-state index in [-0.39, 0.29) is 11.1 Å². The fourth-order valence-electron chi connectivity index (χ4n) is 0.794. The second-order valence-corrected chi connectivity index (χ2v) is 5.67. The normalized spacial score (nSPS) is 12.9. The van der Waals surface area contributed by atoms with Gasteiger partial charge < -0.3 is 4.72 Å². The lowest BCUT2D eigenvalue weighted by molar-refractivity contribution is 0.621. The van der Waals surface area contributed by atoms with Crippen molar-refractivity contribution >= 4 is 32.6 Å². The first-order valence-electron chi connectivity index (χ1n) is 4.13. The van der Waals surface area contributed by atoms with Gasteiger partial charge in [0.1, 0.15) is 16.8 Å². The van der Waals surface area contributed by atoms with Crippen LogP contribution in [-0.2, 0) is 11.0 Å². The van der Waals surface area contributed by atoms with E-state index in [0.717, 1.165) is 0 Å². The minimum absolute atomic E-state index is 0.0267. The molecule has 0 bridgehead atoms. The van der Waals surface area contributed by atoms with Crippen LogP contribution in [0.5, 0.6) is 0 Å². The van der Waals surface area contributed by atoms with Crippen LogP contribution in [0.2, 0.25) is 0 Å². The highest BCUT2D eigenvalue weighted by atomic mass is 79.9. The summed E-state index contributed by atoms with van der Waals surface area (Å²) in [5, 5.41) is 0.0267. The maximum Gasteiger partial charge on any atom is 0.137 e. The topological polar surface area (TPSA) is 29.1 Å². The molecule has 0 saturated heterocycles. The van der Waals surface area contributed by atoms with Crippen molar-refractivity contribution in [3.05, 3.63) is 28.5 Å². The molecular formula is C9H11BrFNOS. The quantitative estimate of drug-likeness (QED) is 0.905. The zero-order valence-corrected chi connectivity index (χ0v) is 10.3. The smallest absolute Gasteiger partial charge is 0.137 e. The van der Waals surface area contributed by atoms with Crippen molar-refractivity contribution in [1.82, 2.24) is 0 Å². The van der Waals surface area contributed by atoms with E-state index in [0.29, 0.717) is 10.2 Å². The first-order valence-corrected chi connectivity index (χ1v) is 6.13. The Balaban J connectivity index is 2.78. The predicted octanol–water partition coefficient (Wildman–Crippen LogP) is 3.07. The van der Waals surface area contributed by atoms with Crippen LogP contribution in [0, 0.1) is 5.82 Å². The second-order valence-electron chi connectivity index (χ2n) is 3.08. The lowest BCUT2D eigenvalue weighted by Crippen LogP contribution is -2.14. The van der Waals surface area contributed by atoms with Gasteiger partial charge in [-0.05, 0) is 48.0 Å². The highest BCUT2D eigenvalue weighted by Gasteiger charge is 2.06. The molecule has 0 amide bonds. The number of hydrogen-bond acceptors (Lipinski definition) is 1. The number of nitrogens with one attached hydrogen (secondary N) is 1. The van der Waals surface area contributed by atoms with E-state index in [4.69, 9.17) is 0 Å². The molecule has 0 saturated carbocycles. The molecule has 0 heterocycles. The van der Waals surface area contributed by atoms with E-state index in [1.54, 1.807) is 12.1 Å². The summed E-state index contributed by atoms with van der Waals surface area (Å²) in [5.74, 6) is -0.328. The van der Waals surface area contributed by atoms with Crippen molar-refractivity contribution in [2.24, 2.45) is 0 Å². The Morgan fingerprint density at radius 3 is 2.64 bits per heavy atom. The molecule has 2 nitrogen and oxygen atoms in total. The summed E-state index contributed by atoms with van der Waals surface area (Å²) in [6.07, 6.45) is 0. The van der Waals surface area contributed by atoms with Gasteiger partial charge in [-0.3, -0.25) is 0 Å². The molecule has 0 fully saturated rings. The molecule has 78 valence electrons. The molecule has 0 radical (unpaired) electrons. The molecule has 1 unspecified atom stereocenters. The Labute approximate surface area is 93.6 Å². The lowest BCUT2D eigenvalue weighted by atomic mass is 10.3. The minimum atomic E-state index is -1.13. The highest BCUT2D eigenvalue weighted by molar-refractivity contribution is 9.10. The van der Waals surface area contributed by atoms with Gasteiger partial charge in [0.2, 0.25) is 0 Å². The number of benzene rings is 1. The largest absolute Gasteiger partial charge is 0.305 e. The Morgan fingerprint density at radius 1 is 1.50 bits per heavy atom. The first-order chi connectivity index (χ1) is 6.50. The molecular weight excluding hydrogens is 269 g/mol. The summed E-state index contributed by atoms with van der Waals surface area (Å²) < 4.78 is 27.4. The fraction of sp³-hybridized carbons (Fsp3) is 0.333. The maximum atomic E-state index is 12.8. The van der Waals surface area contributed by atoms with Gasteiger partial charge >= 0.3 is 0 Å². The molecule has 1 rings (SSSR count). The van der Waals surface area contributed by atoms with Crippen LogP contribution in [0.15, 0.2) is 22.7 Å². The first kappa shape index (κ1) is 11.7. The fourth-order valence-corrected chi connectivity index (χ4v) is 1.77. The van der Waals surface area contributed by atoms with Gasteiger partial charge in [-0.25, -0.2) is 8.60 Å². The third-order valence-electron chi connectivity index (χ3n) is 1.57. The third-order valence-corrected chi connectivity index (χ3v) is 3.47. The number of rotatable bonds is 3. The minimum Gasteiger partial charge on any atom is -0.305 e. The molecule has 1 aromatic rings. The highest BCUT2D eigenvalue weighted by Crippen LogP contribution is 2.20. The van der Waals surface area contributed by atoms with Crippen LogP contribution in [0.1, 0.15) is 13.8 Å². The van der Waals surface area contributed by atoms with Gasteiger partial charge in [0.05, 0.1) is 4.47 Å². The average Bonchev–Trinajstić information content (AvgIpc) is 2.11. The van der Waals surface area contributed by atoms with E-state index in [1.165, 1.54) is 6.07 Å². The Hall–Kier alpha value is -0.420. The second kappa shape index (κ2) is 4.89. The number of halogens is 2. The van der Waals surface area contributed by atoms with Crippen LogP contribution >= 0.6 is 15.9 Å². The standard InChI is InChI=1S/C9H11BrFNOS/c1-6(2)14(13)12-7-3-4-9(11)8(10)5-7/h3-6,12H,1-2H3. The van der Waals surface area contributed by atoms with Gasteiger partial charge in [0.15, 0.2) is 0 Å². The van der Waals surface area contributed by atoms with E-state index >= 15 is 0 Å². The lowest BCUT2D eigenvalue weighted by Gasteiger charge is -2.08. The van der Waals surface area contributed by atoms with Crippen LogP contribution in [0.4, 0.5) is 10.1 Å². The summed E-state index contributed by atoms with van der Waals surface area (Å²) in [4.78, 5) is 0. The van der Waals surface area contributed by atoms with Crippen LogP contribution in [-0.4, -0.2) is 9.46 Å².